The van der Waals surface area contributed by atoms with Crippen LogP contribution in [0.3, 0.4) is 0 Å². The van der Waals surface area contributed by atoms with Crippen molar-refractivity contribution >= 4 is 5.91 Å². The quantitative estimate of drug-likeness (QED) is 0.718. The standard InChI is InChI=1S/C16H26N2O/c1-3-8-15(14-9-6-5-7-10-14)17-13-11-16(19)18-12-4-2/h5-7,9-10,15,17H,3-4,8,11-13H2,1-2H3,(H,18,19). The van der Waals surface area contributed by atoms with E-state index in [-0.39, 0.29) is 5.91 Å². The number of carbonyl (C=O) groups excluding carboxylic acids is 1. The largest absolute Gasteiger partial charge is 0.356 e. The van der Waals surface area contributed by atoms with Crippen LogP contribution >= 0.6 is 0 Å². The van der Waals surface area contributed by atoms with Crippen LogP contribution in [0.25, 0.3) is 0 Å². The van der Waals surface area contributed by atoms with Crippen LogP contribution in [-0.4, -0.2) is 19.0 Å². The van der Waals surface area contributed by atoms with Gasteiger partial charge in [0.25, 0.3) is 0 Å². The molecular formula is C16H26N2O. The second kappa shape index (κ2) is 9.56. The first-order valence-corrected chi connectivity index (χ1v) is 7.33. The topological polar surface area (TPSA) is 41.1 Å². The summed E-state index contributed by atoms with van der Waals surface area (Å²) in [7, 11) is 0. The van der Waals surface area contributed by atoms with Crippen LogP contribution in [0.4, 0.5) is 0 Å². The maximum absolute atomic E-state index is 11.5. The van der Waals surface area contributed by atoms with Crippen LogP contribution in [0, 0.1) is 0 Å². The van der Waals surface area contributed by atoms with Gasteiger partial charge in [-0.2, -0.15) is 0 Å². The minimum absolute atomic E-state index is 0.137. The highest BCUT2D eigenvalue weighted by atomic mass is 16.1. The molecule has 0 radical (unpaired) electrons. The SMILES string of the molecule is CCCNC(=O)CCNC(CCC)c1ccccc1. The molecule has 0 spiro atoms. The van der Waals surface area contributed by atoms with Crippen molar-refractivity contribution in [3.8, 4) is 0 Å². The van der Waals surface area contributed by atoms with Gasteiger partial charge in [0.05, 0.1) is 0 Å². The third-order valence-electron chi connectivity index (χ3n) is 3.09. The van der Waals surface area contributed by atoms with Crippen molar-refractivity contribution in [2.75, 3.05) is 13.1 Å². The molecule has 3 nitrogen and oxygen atoms in total. The third-order valence-corrected chi connectivity index (χ3v) is 3.09. The molecular weight excluding hydrogens is 236 g/mol. The van der Waals surface area contributed by atoms with Crippen molar-refractivity contribution in [2.24, 2.45) is 0 Å². The van der Waals surface area contributed by atoms with E-state index in [1.165, 1.54) is 5.56 Å². The molecule has 0 fully saturated rings. The summed E-state index contributed by atoms with van der Waals surface area (Å²) >= 11 is 0. The Labute approximate surface area is 116 Å². The van der Waals surface area contributed by atoms with Gasteiger partial charge in [0, 0.05) is 25.6 Å². The Kier molecular flexibility index (Phi) is 7.91. The van der Waals surface area contributed by atoms with E-state index in [1.807, 2.05) is 6.07 Å². The molecule has 3 heteroatoms. The van der Waals surface area contributed by atoms with E-state index >= 15 is 0 Å². The summed E-state index contributed by atoms with van der Waals surface area (Å²) in [5.41, 5.74) is 1.30. The number of nitrogens with one attached hydrogen (secondary N) is 2. The van der Waals surface area contributed by atoms with Crippen LogP contribution < -0.4 is 10.6 Å². The lowest BCUT2D eigenvalue weighted by Crippen LogP contribution is -2.30. The van der Waals surface area contributed by atoms with Crippen LogP contribution in [0.15, 0.2) is 30.3 Å². The lowest BCUT2D eigenvalue weighted by molar-refractivity contribution is -0.121. The molecule has 0 aliphatic carbocycles. The van der Waals surface area contributed by atoms with Crippen LogP contribution in [0.2, 0.25) is 0 Å². The molecule has 0 aliphatic rings. The van der Waals surface area contributed by atoms with Gasteiger partial charge < -0.3 is 10.6 Å². The highest BCUT2D eigenvalue weighted by molar-refractivity contribution is 5.75. The zero-order chi connectivity index (χ0) is 13.9. The number of benzene rings is 1. The predicted octanol–water partition coefficient (Wildman–Crippen LogP) is 3.03. The second-order valence-corrected chi connectivity index (χ2v) is 4.81. The van der Waals surface area contributed by atoms with E-state index < -0.39 is 0 Å². The molecule has 1 atom stereocenters. The van der Waals surface area contributed by atoms with Crippen molar-refractivity contribution in [3.05, 3.63) is 35.9 Å². The first-order valence-electron chi connectivity index (χ1n) is 7.33. The van der Waals surface area contributed by atoms with E-state index in [0.717, 1.165) is 32.4 Å². The number of rotatable bonds is 9. The first-order chi connectivity index (χ1) is 9.27. The van der Waals surface area contributed by atoms with Gasteiger partial charge in [0.1, 0.15) is 0 Å². The summed E-state index contributed by atoms with van der Waals surface area (Å²) in [6.45, 7) is 5.75. The summed E-state index contributed by atoms with van der Waals surface area (Å²) < 4.78 is 0. The molecule has 19 heavy (non-hydrogen) atoms. The van der Waals surface area contributed by atoms with Crippen LogP contribution in [0.5, 0.6) is 0 Å². The fourth-order valence-electron chi connectivity index (χ4n) is 2.07. The number of amides is 1. The van der Waals surface area contributed by atoms with E-state index in [2.05, 4.69) is 48.7 Å². The molecule has 0 bridgehead atoms. The summed E-state index contributed by atoms with van der Waals surface area (Å²) in [5, 5.41) is 6.38. The summed E-state index contributed by atoms with van der Waals surface area (Å²) in [6, 6.07) is 10.8. The van der Waals surface area contributed by atoms with Gasteiger partial charge >= 0.3 is 0 Å². The third kappa shape index (κ3) is 6.39. The number of carbonyl (C=O) groups is 1. The molecule has 0 saturated carbocycles. The van der Waals surface area contributed by atoms with Crippen LogP contribution in [0.1, 0.15) is 51.1 Å². The summed E-state index contributed by atoms with van der Waals surface area (Å²) in [6.07, 6.45) is 3.77. The van der Waals surface area contributed by atoms with Gasteiger partial charge in [-0.05, 0) is 18.4 Å². The smallest absolute Gasteiger partial charge is 0.221 e. The zero-order valence-corrected chi connectivity index (χ0v) is 12.1. The highest BCUT2D eigenvalue weighted by Crippen LogP contribution is 2.17. The van der Waals surface area contributed by atoms with E-state index in [0.29, 0.717) is 12.5 Å². The Bertz CT molecular complexity index is 351. The molecule has 1 rings (SSSR count). The van der Waals surface area contributed by atoms with Gasteiger partial charge in [-0.1, -0.05) is 50.6 Å². The van der Waals surface area contributed by atoms with Crippen molar-refractivity contribution in [1.82, 2.24) is 10.6 Å². The number of hydrogen-bond donors (Lipinski definition) is 2. The van der Waals surface area contributed by atoms with Crippen LogP contribution in [-0.2, 0) is 4.79 Å². The Hall–Kier alpha value is -1.35. The van der Waals surface area contributed by atoms with Crippen molar-refractivity contribution in [2.45, 2.75) is 45.6 Å². The zero-order valence-electron chi connectivity index (χ0n) is 12.1. The van der Waals surface area contributed by atoms with Gasteiger partial charge in [-0.3, -0.25) is 4.79 Å². The molecule has 2 N–H and O–H groups in total. The van der Waals surface area contributed by atoms with E-state index in [1.54, 1.807) is 0 Å². The maximum Gasteiger partial charge on any atom is 0.221 e. The number of hydrogen-bond acceptors (Lipinski definition) is 2. The molecule has 0 aliphatic heterocycles. The minimum atomic E-state index is 0.137. The lowest BCUT2D eigenvalue weighted by Gasteiger charge is -2.18. The van der Waals surface area contributed by atoms with Crippen molar-refractivity contribution < 1.29 is 4.79 Å². The predicted molar refractivity (Wildman–Crippen MR) is 80.0 cm³/mol. The Morgan fingerprint density at radius 3 is 2.47 bits per heavy atom. The Balaban J connectivity index is 2.36. The lowest BCUT2D eigenvalue weighted by atomic mass is 10.0. The molecule has 1 aromatic rings. The molecule has 1 aromatic carbocycles. The molecule has 1 unspecified atom stereocenters. The minimum Gasteiger partial charge on any atom is -0.356 e. The average Bonchev–Trinajstić information content (AvgIpc) is 2.45. The van der Waals surface area contributed by atoms with Crippen molar-refractivity contribution in [1.29, 1.82) is 0 Å². The summed E-state index contributed by atoms with van der Waals surface area (Å²) in [5.74, 6) is 0.137. The molecule has 0 heterocycles. The Morgan fingerprint density at radius 1 is 1.11 bits per heavy atom. The normalized spacial score (nSPS) is 12.1. The van der Waals surface area contributed by atoms with E-state index in [9.17, 15) is 4.79 Å². The van der Waals surface area contributed by atoms with Gasteiger partial charge in [0.2, 0.25) is 5.91 Å². The Morgan fingerprint density at radius 2 is 1.84 bits per heavy atom. The fourth-order valence-corrected chi connectivity index (χ4v) is 2.07. The monoisotopic (exact) mass is 262 g/mol. The van der Waals surface area contributed by atoms with Crippen molar-refractivity contribution in [3.63, 3.8) is 0 Å². The molecule has 106 valence electrons. The first kappa shape index (κ1) is 15.7. The molecule has 1 amide bonds. The fraction of sp³-hybridized carbons (Fsp3) is 0.562. The second-order valence-electron chi connectivity index (χ2n) is 4.81. The van der Waals surface area contributed by atoms with E-state index in [4.69, 9.17) is 0 Å². The average molecular weight is 262 g/mol. The van der Waals surface area contributed by atoms with Gasteiger partial charge in [-0.25, -0.2) is 0 Å². The molecule has 0 aromatic heterocycles. The molecule has 0 saturated heterocycles. The summed E-state index contributed by atoms with van der Waals surface area (Å²) in [4.78, 5) is 11.5. The van der Waals surface area contributed by atoms with Gasteiger partial charge in [0.15, 0.2) is 0 Å². The highest BCUT2D eigenvalue weighted by Gasteiger charge is 2.09. The maximum atomic E-state index is 11.5. The van der Waals surface area contributed by atoms with Gasteiger partial charge in [-0.15, -0.1) is 0 Å².